The first-order valence-corrected chi connectivity index (χ1v) is 40.5. The fourth-order valence-electron chi connectivity index (χ4n) is 18.7. The molecule has 0 saturated carbocycles. The summed E-state index contributed by atoms with van der Waals surface area (Å²) in [4.78, 5) is 5.40. The molecule has 116 heavy (non-hydrogen) atoms. The van der Waals surface area contributed by atoms with Crippen molar-refractivity contribution >= 4 is 123 Å². The van der Waals surface area contributed by atoms with Crippen LogP contribution in [0.15, 0.2) is 385 Å². The van der Waals surface area contributed by atoms with Crippen LogP contribution in [0.3, 0.4) is 0 Å². The number of anilines is 6. The van der Waals surface area contributed by atoms with E-state index in [-0.39, 0.29) is 17.5 Å². The number of nitrogens with zero attached hydrogens (tertiary/aromatic N) is 3. The van der Waals surface area contributed by atoms with Gasteiger partial charge in [-0.2, -0.15) is 0 Å². The molecule has 0 bridgehead atoms. The Hall–Kier alpha value is -14.2. The number of aromatic nitrogens is 1. The Morgan fingerprint density at radius 1 is 0.233 bits per heavy atom. The standard InChI is InChI=1S/C110H80BN3O2/c1-109(2,3)81-50-43-69(44-51-81)78-61-88(71-27-11-7-12-28-71)107(89(62-78)72-29-13-8-14-30-72)113-98-65-77(75-48-57-104-92(59-75)86-37-21-25-41-102(86)115-104)47-55-94(98)111-95-56-54-83(112-96-39-23-19-35-84(96)85-36-20-24-40-97(85)112)68-99(95)114(101-67-80(66-100(113)106(101)111)76-49-58-105-93(60-76)87-38-22-26-42-103(87)116-105)108-90(73-31-15-9-16-32-73)63-79(64-91(108)74-33-17-10-18-34-74)70-45-52-82(53-46-70)110(4,5)6/h7-68H,1-6H3. The van der Waals surface area contributed by atoms with Crippen LogP contribution in [0.2, 0.25) is 0 Å². The highest BCUT2D eigenvalue weighted by Crippen LogP contribution is 2.56. The second-order valence-corrected chi connectivity index (χ2v) is 33.5. The smallest absolute Gasteiger partial charge is 0.252 e. The molecule has 17 aromatic carbocycles. The number of hydrogen-bond acceptors (Lipinski definition) is 4. The van der Waals surface area contributed by atoms with Gasteiger partial charge in [0.1, 0.15) is 22.3 Å². The van der Waals surface area contributed by atoms with Gasteiger partial charge in [-0.1, -0.05) is 315 Å². The van der Waals surface area contributed by atoms with Gasteiger partial charge in [-0.25, -0.2) is 0 Å². The van der Waals surface area contributed by atoms with Crippen LogP contribution in [0, 0.1) is 0 Å². The number of furan rings is 2. The third-order valence-corrected chi connectivity index (χ3v) is 24.5. The first-order valence-electron chi connectivity index (χ1n) is 40.5. The van der Waals surface area contributed by atoms with Crippen molar-refractivity contribution in [1.29, 1.82) is 0 Å². The molecule has 0 aliphatic carbocycles. The normalized spacial score (nSPS) is 12.7. The molecule has 0 spiro atoms. The van der Waals surface area contributed by atoms with Gasteiger partial charge in [-0.15, -0.1) is 0 Å². The fourth-order valence-corrected chi connectivity index (χ4v) is 18.7. The van der Waals surface area contributed by atoms with Crippen LogP contribution >= 0.6 is 0 Å². The second-order valence-electron chi connectivity index (χ2n) is 33.5. The van der Waals surface area contributed by atoms with E-state index in [1.165, 1.54) is 38.3 Å². The summed E-state index contributed by atoms with van der Waals surface area (Å²) in [5.74, 6) is 0. The minimum atomic E-state index is -0.324. The summed E-state index contributed by atoms with van der Waals surface area (Å²) in [6, 6.07) is 141. The van der Waals surface area contributed by atoms with E-state index >= 15 is 0 Å². The summed E-state index contributed by atoms with van der Waals surface area (Å²) >= 11 is 0. The van der Waals surface area contributed by atoms with Crippen LogP contribution < -0.4 is 26.2 Å². The Morgan fingerprint density at radius 3 is 0.974 bits per heavy atom. The van der Waals surface area contributed by atoms with Gasteiger partial charge in [0.05, 0.1) is 22.4 Å². The maximum absolute atomic E-state index is 6.73. The Kier molecular flexibility index (Phi) is 15.8. The lowest BCUT2D eigenvalue weighted by atomic mass is 9.33. The topological polar surface area (TPSA) is 37.7 Å². The SMILES string of the molecule is CC(C)(C)c1ccc(-c2cc(-c3ccccc3)c(N3c4cc(-c5ccc6oc7ccccc7c6c5)ccc4B4c5ccc(-n6c7ccccc7c7ccccc76)cc5N(c5c(-c6ccccc6)cc(-c6ccc(C(C)(C)C)cc6)cc5-c5ccccc5)c5cc(-c6ccc7oc8ccccc8c7c6)cc3c54)c(-c3ccccc3)c2)cc1. The van der Waals surface area contributed by atoms with Crippen molar-refractivity contribution in [2.75, 3.05) is 9.80 Å². The number of para-hydroxylation sites is 4. The molecule has 0 amide bonds. The van der Waals surface area contributed by atoms with Crippen molar-refractivity contribution in [2.24, 2.45) is 0 Å². The Bertz CT molecular complexity index is 7150. The van der Waals surface area contributed by atoms with Crippen LogP contribution in [0.5, 0.6) is 0 Å². The minimum Gasteiger partial charge on any atom is -0.456 e. The summed E-state index contributed by atoms with van der Waals surface area (Å²) in [5, 5.41) is 6.71. The van der Waals surface area contributed by atoms with E-state index in [4.69, 9.17) is 8.83 Å². The lowest BCUT2D eigenvalue weighted by Crippen LogP contribution is -2.61. The zero-order valence-corrected chi connectivity index (χ0v) is 65.5. The largest absolute Gasteiger partial charge is 0.456 e. The van der Waals surface area contributed by atoms with E-state index in [1.54, 1.807) is 0 Å². The fraction of sp³-hybridized carbons (Fsp3) is 0.0727. The van der Waals surface area contributed by atoms with E-state index in [0.717, 1.165) is 184 Å². The molecule has 2 aliphatic heterocycles. The molecule has 3 aromatic heterocycles. The molecular formula is C110H80BN3O2. The summed E-state index contributed by atoms with van der Waals surface area (Å²) in [6.45, 7) is 13.5. The molecule has 22 rings (SSSR count). The van der Waals surface area contributed by atoms with Gasteiger partial charge in [0.15, 0.2) is 0 Å². The molecule has 0 unspecified atom stereocenters. The molecule has 20 aromatic rings. The highest BCUT2D eigenvalue weighted by atomic mass is 16.3. The molecule has 5 heterocycles. The second kappa shape index (κ2) is 26.7. The first kappa shape index (κ1) is 68.6. The number of fused-ring (bicyclic) bond motifs is 13. The van der Waals surface area contributed by atoms with Crippen molar-refractivity contribution in [3.63, 3.8) is 0 Å². The molecule has 2 aliphatic rings. The van der Waals surface area contributed by atoms with Gasteiger partial charge in [-0.3, -0.25) is 0 Å². The zero-order valence-electron chi connectivity index (χ0n) is 65.5. The molecule has 0 saturated heterocycles. The van der Waals surface area contributed by atoms with Gasteiger partial charge in [0.25, 0.3) is 6.71 Å². The molecule has 5 nitrogen and oxygen atoms in total. The Labute approximate surface area is 676 Å². The molecule has 0 fully saturated rings. The maximum Gasteiger partial charge on any atom is 0.252 e. The molecule has 0 atom stereocenters. The van der Waals surface area contributed by atoms with Crippen LogP contribution in [-0.4, -0.2) is 11.3 Å². The van der Waals surface area contributed by atoms with Gasteiger partial charge < -0.3 is 23.2 Å². The number of hydrogen-bond donors (Lipinski definition) is 0. The van der Waals surface area contributed by atoms with Gasteiger partial charge in [0, 0.05) is 83.0 Å². The van der Waals surface area contributed by atoms with Crippen molar-refractivity contribution in [2.45, 2.75) is 52.4 Å². The van der Waals surface area contributed by atoms with Gasteiger partial charge >= 0.3 is 0 Å². The third kappa shape index (κ3) is 11.3. The number of benzene rings is 17. The first-order chi connectivity index (χ1) is 56.8. The third-order valence-electron chi connectivity index (χ3n) is 24.5. The van der Waals surface area contributed by atoms with Crippen LogP contribution in [0.1, 0.15) is 52.7 Å². The highest BCUT2D eigenvalue weighted by Gasteiger charge is 2.46. The Morgan fingerprint density at radius 2 is 0.552 bits per heavy atom. The van der Waals surface area contributed by atoms with E-state index in [2.05, 4.69) is 432 Å². The van der Waals surface area contributed by atoms with E-state index in [0.29, 0.717) is 0 Å². The van der Waals surface area contributed by atoms with Crippen molar-refractivity contribution < 1.29 is 8.83 Å². The minimum absolute atomic E-state index is 0.0334. The van der Waals surface area contributed by atoms with Crippen molar-refractivity contribution in [3.8, 4) is 94.7 Å². The van der Waals surface area contributed by atoms with Gasteiger partial charge in [-0.05, 0) is 208 Å². The molecule has 550 valence electrons. The van der Waals surface area contributed by atoms with Crippen molar-refractivity contribution in [1.82, 2.24) is 4.57 Å². The summed E-state index contributed by atoms with van der Waals surface area (Å²) in [6.07, 6.45) is 0. The summed E-state index contributed by atoms with van der Waals surface area (Å²) < 4.78 is 15.8. The molecule has 0 radical (unpaired) electrons. The molecule has 0 N–H and O–H groups in total. The van der Waals surface area contributed by atoms with Gasteiger partial charge in [0.2, 0.25) is 0 Å². The Balaban J connectivity index is 0.917. The van der Waals surface area contributed by atoms with E-state index in [1.807, 2.05) is 0 Å². The van der Waals surface area contributed by atoms with E-state index < -0.39 is 0 Å². The lowest BCUT2D eigenvalue weighted by molar-refractivity contribution is 0.590. The molecular weight excluding hydrogens is 1410 g/mol. The monoisotopic (exact) mass is 1490 g/mol. The van der Waals surface area contributed by atoms with E-state index in [9.17, 15) is 0 Å². The average Bonchev–Trinajstić information content (AvgIpc) is 0.703. The highest BCUT2D eigenvalue weighted by molar-refractivity contribution is 7.00. The average molecular weight is 1490 g/mol. The summed E-state index contributed by atoms with van der Waals surface area (Å²) in [5.41, 5.74) is 36.9. The maximum atomic E-state index is 6.73. The van der Waals surface area contributed by atoms with Crippen LogP contribution in [0.4, 0.5) is 34.1 Å². The lowest BCUT2D eigenvalue weighted by Gasteiger charge is -2.46. The van der Waals surface area contributed by atoms with Crippen LogP contribution in [-0.2, 0) is 10.8 Å². The van der Waals surface area contributed by atoms with Crippen LogP contribution in [0.25, 0.3) is 160 Å². The predicted octanol–water partition coefficient (Wildman–Crippen LogP) is 28.6. The predicted molar refractivity (Wildman–Crippen MR) is 490 cm³/mol. The molecule has 6 heteroatoms. The summed E-state index contributed by atoms with van der Waals surface area (Å²) in [7, 11) is 0. The van der Waals surface area contributed by atoms with Crippen molar-refractivity contribution in [3.05, 3.63) is 387 Å². The quantitative estimate of drug-likeness (QED) is 0.121. The number of rotatable bonds is 11. The zero-order chi connectivity index (χ0) is 77.7.